The van der Waals surface area contributed by atoms with Crippen LogP contribution in [0.25, 0.3) is 10.9 Å². The number of aryl methyl sites for hydroxylation is 1. The van der Waals surface area contributed by atoms with Crippen LogP contribution in [0.2, 0.25) is 0 Å². The summed E-state index contributed by atoms with van der Waals surface area (Å²) in [5.41, 5.74) is 4.16. The second-order valence-corrected chi connectivity index (χ2v) is 5.39. The molecular formula is C16H23N3. The fourth-order valence-corrected chi connectivity index (χ4v) is 2.87. The van der Waals surface area contributed by atoms with E-state index in [0.29, 0.717) is 0 Å². The summed E-state index contributed by atoms with van der Waals surface area (Å²) in [5, 5.41) is 4.82. The molecule has 1 aliphatic heterocycles. The van der Waals surface area contributed by atoms with Gasteiger partial charge in [-0.05, 0) is 36.1 Å². The Balaban J connectivity index is 1.72. The lowest BCUT2D eigenvalue weighted by molar-refractivity contribution is 0.244. The Morgan fingerprint density at radius 1 is 1.21 bits per heavy atom. The van der Waals surface area contributed by atoms with Gasteiger partial charge in [-0.3, -0.25) is 0 Å². The van der Waals surface area contributed by atoms with Gasteiger partial charge in [-0.1, -0.05) is 13.0 Å². The number of hydrogen-bond donors (Lipinski definition) is 2. The molecule has 2 heterocycles. The van der Waals surface area contributed by atoms with E-state index in [4.69, 9.17) is 0 Å². The van der Waals surface area contributed by atoms with Crippen molar-refractivity contribution < 1.29 is 0 Å². The van der Waals surface area contributed by atoms with Crippen LogP contribution in [0.1, 0.15) is 18.1 Å². The van der Waals surface area contributed by atoms with Gasteiger partial charge in [-0.15, -0.1) is 0 Å². The summed E-state index contributed by atoms with van der Waals surface area (Å²) in [5.74, 6) is 0. The second kappa shape index (κ2) is 5.76. The summed E-state index contributed by atoms with van der Waals surface area (Å²) < 4.78 is 0. The minimum atomic E-state index is 1.11. The number of aromatic amines is 1. The zero-order valence-electron chi connectivity index (χ0n) is 11.7. The smallest absolute Gasteiger partial charge is 0.0456 e. The van der Waals surface area contributed by atoms with Crippen molar-refractivity contribution in [1.29, 1.82) is 0 Å². The number of piperazine rings is 1. The molecule has 1 saturated heterocycles. The number of fused-ring (bicyclic) bond motifs is 1. The van der Waals surface area contributed by atoms with E-state index in [-0.39, 0.29) is 0 Å². The monoisotopic (exact) mass is 257 g/mol. The highest BCUT2D eigenvalue weighted by molar-refractivity contribution is 5.83. The molecule has 0 spiro atoms. The maximum absolute atomic E-state index is 3.40. The maximum Gasteiger partial charge on any atom is 0.0456 e. The van der Waals surface area contributed by atoms with Crippen LogP contribution in [-0.4, -0.2) is 42.6 Å². The van der Waals surface area contributed by atoms with Crippen LogP contribution in [0.15, 0.2) is 24.4 Å². The van der Waals surface area contributed by atoms with Gasteiger partial charge in [0.15, 0.2) is 0 Å². The Bertz CT molecular complexity index is 538. The lowest BCUT2D eigenvalue weighted by Gasteiger charge is -2.26. The molecule has 19 heavy (non-hydrogen) atoms. The number of H-pyrrole nitrogens is 1. The zero-order chi connectivity index (χ0) is 13.1. The molecule has 1 aromatic carbocycles. The second-order valence-electron chi connectivity index (χ2n) is 5.39. The molecule has 0 radical (unpaired) electrons. The highest BCUT2D eigenvalue weighted by Gasteiger charge is 2.10. The quantitative estimate of drug-likeness (QED) is 0.879. The Hall–Kier alpha value is -1.32. The minimum absolute atomic E-state index is 1.11. The maximum atomic E-state index is 3.40. The van der Waals surface area contributed by atoms with Gasteiger partial charge < -0.3 is 15.2 Å². The summed E-state index contributed by atoms with van der Waals surface area (Å²) in [7, 11) is 0. The first-order chi connectivity index (χ1) is 9.36. The van der Waals surface area contributed by atoms with E-state index in [1.165, 1.54) is 41.7 Å². The first kappa shape index (κ1) is 12.7. The molecule has 3 heteroatoms. The van der Waals surface area contributed by atoms with E-state index in [9.17, 15) is 0 Å². The molecule has 1 fully saturated rings. The lowest BCUT2D eigenvalue weighted by atomic mass is 10.1. The Labute approximate surface area is 115 Å². The number of nitrogens with one attached hydrogen (secondary N) is 2. The standard InChI is InChI=1S/C16H23N3/c1-2-13-3-4-16-15(11-13)14(12-18-16)5-8-19-9-6-17-7-10-19/h3-4,11-12,17-18H,2,5-10H2,1H3. The Morgan fingerprint density at radius 2 is 2.05 bits per heavy atom. The molecule has 0 atom stereocenters. The van der Waals surface area contributed by atoms with Crippen molar-refractivity contribution in [1.82, 2.24) is 15.2 Å². The van der Waals surface area contributed by atoms with Crippen LogP contribution in [-0.2, 0) is 12.8 Å². The van der Waals surface area contributed by atoms with E-state index in [1.807, 2.05) is 0 Å². The molecule has 0 unspecified atom stereocenters. The molecule has 102 valence electrons. The third-order valence-electron chi connectivity index (χ3n) is 4.15. The number of aromatic nitrogens is 1. The van der Waals surface area contributed by atoms with E-state index >= 15 is 0 Å². The predicted molar refractivity (Wildman–Crippen MR) is 80.7 cm³/mol. The van der Waals surface area contributed by atoms with E-state index in [0.717, 1.165) is 25.9 Å². The fourth-order valence-electron chi connectivity index (χ4n) is 2.87. The van der Waals surface area contributed by atoms with Gasteiger partial charge in [0.25, 0.3) is 0 Å². The molecule has 2 aromatic rings. The highest BCUT2D eigenvalue weighted by atomic mass is 15.2. The van der Waals surface area contributed by atoms with Crippen molar-refractivity contribution in [2.45, 2.75) is 19.8 Å². The Morgan fingerprint density at radius 3 is 2.84 bits per heavy atom. The van der Waals surface area contributed by atoms with Gasteiger partial charge in [0.1, 0.15) is 0 Å². The van der Waals surface area contributed by atoms with Crippen LogP contribution in [0.5, 0.6) is 0 Å². The normalized spacial score (nSPS) is 17.1. The molecule has 3 nitrogen and oxygen atoms in total. The van der Waals surface area contributed by atoms with Crippen LogP contribution in [0.4, 0.5) is 0 Å². The molecule has 0 aliphatic carbocycles. The minimum Gasteiger partial charge on any atom is -0.361 e. The SMILES string of the molecule is CCc1ccc2[nH]cc(CCN3CCNCC3)c2c1. The van der Waals surface area contributed by atoms with Gasteiger partial charge in [-0.25, -0.2) is 0 Å². The van der Waals surface area contributed by atoms with Gasteiger partial charge in [0.05, 0.1) is 0 Å². The average molecular weight is 257 g/mol. The third kappa shape index (κ3) is 2.82. The van der Waals surface area contributed by atoms with E-state index in [1.54, 1.807) is 0 Å². The van der Waals surface area contributed by atoms with Gasteiger partial charge >= 0.3 is 0 Å². The first-order valence-electron chi connectivity index (χ1n) is 7.39. The molecule has 3 rings (SSSR count). The number of hydrogen-bond acceptors (Lipinski definition) is 2. The van der Waals surface area contributed by atoms with Crippen molar-refractivity contribution in [3.63, 3.8) is 0 Å². The van der Waals surface area contributed by atoms with Crippen molar-refractivity contribution in [3.05, 3.63) is 35.5 Å². The van der Waals surface area contributed by atoms with Crippen LogP contribution in [0, 0.1) is 0 Å². The van der Waals surface area contributed by atoms with Crippen LogP contribution in [0.3, 0.4) is 0 Å². The summed E-state index contributed by atoms with van der Waals surface area (Å²) in [6.45, 7) is 8.02. The van der Waals surface area contributed by atoms with Crippen LogP contribution < -0.4 is 5.32 Å². The highest BCUT2D eigenvalue weighted by Crippen LogP contribution is 2.21. The topological polar surface area (TPSA) is 31.1 Å². The lowest BCUT2D eigenvalue weighted by Crippen LogP contribution is -2.44. The van der Waals surface area contributed by atoms with E-state index in [2.05, 4.69) is 46.5 Å². The van der Waals surface area contributed by atoms with Crippen LogP contribution >= 0.6 is 0 Å². The Kier molecular flexibility index (Phi) is 3.85. The van der Waals surface area contributed by atoms with Crippen molar-refractivity contribution in [2.24, 2.45) is 0 Å². The number of benzene rings is 1. The molecule has 0 bridgehead atoms. The predicted octanol–water partition coefficient (Wildman–Crippen LogP) is 2.18. The molecule has 1 aliphatic rings. The van der Waals surface area contributed by atoms with Crippen molar-refractivity contribution in [2.75, 3.05) is 32.7 Å². The van der Waals surface area contributed by atoms with Gasteiger partial charge in [0, 0.05) is 49.8 Å². The van der Waals surface area contributed by atoms with Crippen molar-refractivity contribution >= 4 is 10.9 Å². The molecule has 2 N–H and O–H groups in total. The molecule has 0 saturated carbocycles. The zero-order valence-corrected chi connectivity index (χ0v) is 11.7. The van der Waals surface area contributed by atoms with E-state index < -0.39 is 0 Å². The van der Waals surface area contributed by atoms with Crippen molar-refractivity contribution in [3.8, 4) is 0 Å². The third-order valence-corrected chi connectivity index (χ3v) is 4.15. The average Bonchev–Trinajstić information content (AvgIpc) is 2.88. The number of rotatable bonds is 4. The molecule has 0 amide bonds. The van der Waals surface area contributed by atoms with Gasteiger partial charge in [-0.2, -0.15) is 0 Å². The summed E-state index contributed by atoms with van der Waals surface area (Å²) in [6.07, 6.45) is 4.44. The fraction of sp³-hybridized carbons (Fsp3) is 0.500. The number of nitrogens with zero attached hydrogens (tertiary/aromatic N) is 1. The summed E-state index contributed by atoms with van der Waals surface area (Å²) in [6, 6.07) is 6.78. The molecule has 1 aromatic heterocycles. The molecular weight excluding hydrogens is 234 g/mol. The largest absolute Gasteiger partial charge is 0.361 e. The first-order valence-corrected chi connectivity index (χ1v) is 7.39. The summed E-state index contributed by atoms with van der Waals surface area (Å²) >= 11 is 0. The van der Waals surface area contributed by atoms with Gasteiger partial charge in [0.2, 0.25) is 0 Å². The summed E-state index contributed by atoms with van der Waals surface area (Å²) in [4.78, 5) is 5.95.